The average Bonchev–Trinajstić information content (AvgIpc) is 2.46. The predicted octanol–water partition coefficient (Wildman–Crippen LogP) is 3.86. The molecule has 0 heterocycles. The van der Waals surface area contributed by atoms with Crippen LogP contribution in [-0.4, -0.2) is 25.7 Å². The summed E-state index contributed by atoms with van der Waals surface area (Å²) in [4.78, 5) is 0. The lowest BCUT2D eigenvalue weighted by molar-refractivity contribution is 1.50. The molecule has 2 aromatic rings. The van der Waals surface area contributed by atoms with Gasteiger partial charge < -0.3 is 0 Å². The van der Waals surface area contributed by atoms with Crippen LogP contribution in [0.3, 0.4) is 0 Å². The first-order valence-electron chi connectivity index (χ1n) is 6.30. The second-order valence-electron chi connectivity index (χ2n) is 4.51. The summed E-state index contributed by atoms with van der Waals surface area (Å²) in [6, 6.07) is 21.9. The molecule has 2 atom stereocenters. The van der Waals surface area contributed by atoms with Crippen molar-refractivity contribution < 1.29 is 0 Å². The van der Waals surface area contributed by atoms with Crippen LogP contribution >= 0.6 is 15.8 Å². The van der Waals surface area contributed by atoms with Gasteiger partial charge in [0.05, 0.1) is 0 Å². The van der Waals surface area contributed by atoms with E-state index in [1.165, 1.54) is 22.9 Å². The van der Waals surface area contributed by atoms with E-state index in [1.54, 1.807) is 0 Å². The van der Waals surface area contributed by atoms with Gasteiger partial charge in [0.25, 0.3) is 0 Å². The molecule has 0 nitrogen and oxygen atoms in total. The molecule has 0 aliphatic carbocycles. The van der Waals surface area contributed by atoms with E-state index in [0.29, 0.717) is 0 Å². The van der Waals surface area contributed by atoms with Crippen LogP contribution < -0.4 is 10.6 Å². The van der Waals surface area contributed by atoms with Crippen LogP contribution in [0.25, 0.3) is 0 Å². The molecule has 0 aliphatic heterocycles. The van der Waals surface area contributed by atoms with E-state index in [-0.39, 0.29) is 15.8 Å². The van der Waals surface area contributed by atoms with Crippen molar-refractivity contribution in [1.29, 1.82) is 0 Å². The van der Waals surface area contributed by atoms with Crippen molar-refractivity contribution in [2.45, 2.75) is 0 Å². The summed E-state index contributed by atoms with van der Waals surface area (Å²) in [5, 5.41) is 3.06. The van der Waals surface area contributed by atoms with Crippen LogP contribution in [-0.2, 0) is 0 Å². The summed E-state index contributed by atoms with van der Waals surface area (Å²) >= 11 is 0. The van der Waals surface area contributed by atoms with Crippen molar-refractivity contribution in [3.8, 4) is 0 Å². The minimum Gasteiger partial charge on any atom is -0.0781 e. The molecular formula is C16H20P2. The molecule has 0 bridgehead atoms. The molecule has 94 valence electrons. The number of rotatable bonds is 5. The van der Waals surface area contributed by atoms with Gasteiger partial charge in [0.1, 0.15) is 0 Å². The molecule has 2 heteroatoms. The molecule has 2 aromatic carbocycles. The summed E-state index contributed by atoms with van der Waals surface area (Å²) in [5.74, 6) is 0. The van der Waals surface area contributed by atoms with Gasteiger partial charge in [0, 0.05) is 0 Å². The fourth-order valence-corrected chi connectivity index (χ4v) is 6.20. The van der Waals surface area contributed by atoms with Crippen molar-refractivity contribution >= 4 is 26.5 Å². The van der Waals surface area contributed by atoms with Gasteiger partial charge >= 0.3 is 0 Å². The Morgan fingerprint density at radius 2 is 0.944 bits per heavy atom. The highest BCUT2D eigenvalue weighted by Crippen LogP contribution is 2.37. The Bertz CT molecular complexity index is 408. The summed E-state index contributed by atoms with van der Waals surface area (Å²) in [7, 11) is 0.0353. The van der Waals surface area contributed by atoms with Crippen molar-refractivity contribution in [2.75, 3.05) is 25.7 Å². The molecule has 0 amide bonds. The van der Waals surface area contributed by atoms with E-state index in [0.717, 1.165) is 0 Å². The van der Waals surface area contributed by atoms with Gasteiger partial charge in [0.15, 0.2) is 0 Å². The highest BCUT2D eigenvalue weighted by Gasteiger charge is 2.08. The molecule has 18 heavy (non-hydrogen) atoms. The molecule has 0 radical (unpaired) electrons. The molecule has 0 saturated carbocycles. The first-order chi connectivity index (χ1) is 8.77. The average molecular weight is 274 g/mol. The van der Waals surface area contributed by atoms with Crippen molar-refractivity contribution in [3.05, 3.63) is 60.7 Å². The molecule has 0 fully saturated rings. The Morgan fingerprint density at radius 1 is 0.611 bits per heavy atom. The van der Waals surface area contributed by atoms with Crippen LogP contribution in [0.1, 0.15) is 0 Å². The molecule has 0 saturated heterocycles. The van der Waals surface area contributed by atoms with Crippen molar-refractivity contribution in [2.24, 2.45) is 0 Å². The van der Waals surface area contributed by atoms with Crippen LogP contribution in [0.15, 0.2) is 60.7 Å². The molecule has 2 rings (SSSR count). The minimum absolute atomic E-state index is 0.0177. The maximum atomic E-state index is 2.40. The quantitative estimate of drug-likeness (QED) is 0.726. The summed E-state index contributed by atoms with van der Waals surface area (Å²) in [6.45, 7) is 4.80. The fourth-order valence-electron chi connectivity index (χ4n) is 1.92. The lowest BCUT2D eigenvalue weighted by Gasteiger charge is -2.17. The monoisotopic (exact) mass is 274 g/mol. The van der Waals surface area contributed by atoms with E-state index in [4.69, 9.17) is 0 Å². The number of hydrogen-bond acceptors (Lipinski definition) is 0. The lowest BCUT2D eigenvalue weighted by atomic mass is 10.4. The van der Waals surface area contributed by atoms with Gasteiger partial charge in [-0.1, -0.05) is 76.5 Å². The Morgan fingerprint density at radius 3 is 1.28 bits per heavy atom. The third-order valence-corrected chi connectivity index (χ3v) is 7.67. The van der Waals surface area contributed by atoms with Crippen molar-refractivity contribution in [1.82, 2.24) is 0 Å². The number of hydrogen-bond donors (Lipinski definition) is 0. The Kier molecular flexibility index (Phi) is 5.36. The maximum Gasteiger partial charge on any atom is -0.0243 e. The zero-order valence-corrected chi connectivity index (χ0v) is 12.9. The SMILES string of the molecule is CP(CCP(C)c1ccccc1)c1ccccc1. The molecule has 0 aliphatic rings. The standard InChI is InChI=1S/C16H20P2/c1-17(15-9-5-3-6-10-15)13-14-18(2)16-11-7-4-8-12-16/h3-12H,13-14H2,1-2H3. The Hall–Kier alpha value is -0.700. The summed E-state index contributed by atoms with van der Waals surface area (Å²) in [6.07, 6.45) is 2.69. The normalized spacial score (nSPS) is 14.1. The van der Waals surface area contributed by atoms with Crippen LogP contribution in [0.4, 0.5) is 0 Å². The summed E-state index contributed by atoms with van der Waals surface area (Å²) in [5.41, 5.74) is 0. The third-order valence-electron chi connectivity index (χ3n) is 3.16. The van der Waals surface area contributed by atoms with Gasteiger partial charge in [-0.2, -0.15) is 0 Å². The van der Waals surface area contributed by atoms with Gasteiger partial charge in [-0.3, -0.25) is 0 Å². The van der Waals surface area contributed by atoms with E-state index < -0.39 is 0 Å². The largest absolute Gasteiger partial charge is 0.0781 e. The smallest absolute Gasteiger partial charge is 0.0243 e. The fraction of sp³-hybridized carbons (Fsp3) is 0.250. The zero-order chi connectivity index (χ0) is 12.8. The van der Waals surface area contributed by atoms with Crippen LogP contribution in [0, 0.1) is 0 Å². The Labute approximate surface area is 113 Å². The molecule has 0 aromatic heterocycles. The van der Waals surface area contributed by atoms with E-state index in [9.17, 15) is 0 Å². The van der Waals surface area contributed by atoms with Gasteiger partial charge in [-0.05, 0) is 36.3 Å². The van der Waals surface area contributed by atoms with E-state index >= 15 is 0 Å². The second-order valence-corrected chi connectivity index (χ2v) is 9.23. The lowest BCUT2D eigenvalue weighted by Crippen LogP contribution is -2.07. The highest BCUT2D eigenvalue weighted by molar-refractivity contribution is 7.68. The van der Waals surface area contributed by atoms with Crippen LogP contribution in [0.2, 0.25) is 0 Å². The second kappa shape index (κ2) is 7.03. The predicted molar refractivity (Wildman–Crippen MR) is 87.6 cm³/mol. The van der Waals surface area contributed by atoms with Gasteiger partial charge in [-0.25, -0.2) is 0 Å². The molecule has 2 unspecified atom stereocenters. The van der Waals surface area contributed by atoms with Gasteiger partial charge in [0.2, 0.25) is 0 Å². The first-order valence-corrected chi connectivity index (χ1v) is 10.2. The topological polar surface area (TPSA) is 0 Å². The van der Waals surface area contributed by atoms with E-state index in [1.807, 2.05) is 0 Å². The Balaban J connectivity index is 1.89. The first kappa shape index (κ1) is 13.7. The molecular weight excluding hydrogens is 254 g/mol. The van der Waals surface area contributed by atoms with Gasteiger partial charge in [-0.15, -0.1) is 0 Å². The third kappa shape index (κ3) is 3.91. The minimum atomic E-state index is 0.0177. The summed E-state index contributed by atoms with van der Waals surface area (Å²) < 4.78 is 0. The maximum absolute atomic E-state index is 2.40. The van der Waals surface area contributed by atoms with E-state index in [2.05, 4.69) is 74.0 Å². The highest BCUT2D eigenvalue weighted by atomic mass is 31.1. The van der Waals surface area contributed by atoms with Crippen LogP contribution in [0.5, 0.6) is 0 Å². The zero-order valence-electron chi connectivity index (χ0n) is 11.1. The van der Waals surface area contributed by atoms with Crippen molar-refractivity contribution in [3.63, 3.8) is 0 Å². The molecule has 0 spiro atoms. The number of benzene rings is 2. The molecule has 0 N–H and O–H groups in total.